The number of hydrogen-bond donors (Lipinski definition) is 0. The van der Waals surface area contributed by atoms with Crippen molar-refractivity contribution in [3.63, 3.8) is 0 Å². The molecule has 4 heteroatoms. The Morgan fingerprint density at radius 3 is 2.46 bits per heavy atom. The summed E-state index contributed by atoms with van der Waals surface area (Å²) in [4.78, 5) is 20.2. The second kappa shape index (κ2) is 6.47. The van der Waals surface area contributed by atoms with Gasteiger partial charge >= 0.3 is 0 Å². The van der Waals surface area contributed by atoms with E-state index in [9.17, 15) is 4.79 Å². The third-order valence-electron chi connectivity index (χ3n) is 5.98. The van der Waals surface area contributed by atoms with Crippen molar-refractivity contribution in [3.8, 4) is 5.75 Å². The summed E-state index contributed by atoms with van der Waals surface area (Å²) in [5, 5.41) is 0. The average molecular weight is 377 g/mol. The molecule has 2 aromatic rings. The predicted molar refractivity (Wildman–Crippen MR) is 114 cm³/mol. The minimum atomic E-state index is -0.244. The zero-order chi connectivity index (χ0) is 20.2. The van der Waals surface area contributed by atoms with Crippen LogP contribution in [0.5, 0.6) is 5.75 Å². The molecule has 0 spiro atoms. The minimum Gasteiger partial charge on any atom is -0.497 e. The van der Waals surface area contributed by atoms with Crippen LogP contribution in [0.25, 0.3) is 0 Å². The van der Waals surface area contributed by atoms with Crippen molar-refractivity contribution in [2.75, 3.05) is 12.0 Å². The SMILES string of the molecule is COc1cc2c3c(c1)[C@@H](C)CC(C)(C)N3C(=O)C2=Nc1ccc(C(C)C)cc1. The van der Waals surface area contributed by atoms with E-state index in [0.29, 0.717) is 17.5 Å². The molecule has 0 saturated heterocycles. The molecule has 0 aliphatic carbocycles. The van der Waals surface area contributed by atoms with Crippen LogP contribution in [0.2, 0.25) is 0 Å². The van der Waals surface area contributed by atoms with Crippen LogP contribution in [0.15, 0.2) is 41.4 Å². The van der Waals surface area contributed by atoms with Gasteiger partial charge in [0.15, 0.2) is 0 Å². The summed E-state index contributed by atoms with van der Waals surface area (Å²) in [6.45, 7) is 10.8. The van der Waals surface area contributed by atoms with Crippen LogP contribution >= 0.6 is 0 Å². The largest absolute Gasteiger partial charge is 0.497 e. The zero-order valence-electron chi connectivity index (χ0n) is 17.5. The van der Waals surface area contributed by atoms with E-state index in [1.807, 2.05) is 23.1 Å². The van der Waals surface area contributed by atoms with E-state index in [2.05, 4.69) is 52.8 Å². The van der Waals surface area contributed by atoms with Gasteiger partial charge in [0.2, 0.25) is 0 Å². The molecule has 1 atom stereocenters. The molecule has 2 aromatic carbocycles. The van der Waals surface area contributed by atoms with Gasteiger partial charge in [0.1, 0.15) is 11.5 Å². The van der Waals surface area contributed by atoms with Crippen LogP contribution in [-0.4, -0.2) is 24.3 Å². The number of amides is 1. The molecule has 0 saturated carbocycles. The molecule has 28 heavy (non-hydrogen) atoms. The average Bonchev–Trinajstić information content (AvgIpc) is 2.92. The summed E-state index contributed by atoms with van der Waals surface area (Å²) in [6.07, 6.45) is 0.911. The van der Waals surface area contributed by atoms with Gasteiger partial charge in [-0.05, 0) is 67.5 Å². The Morgan fingerprint density at radius 2 is 1.86 bits per heavy atom. The number of benzene rings is 2. The van der Waals surface area contributed by atoms with E-state index < -0.39 is 0 Å². The Morgan fingerprint density at radius 1 is 1.18 bits per heavy atom. The highest BCUT2D eigenvalue weighted by Crippen LogP contribution is 2.50. The van der Waals surface area contributed by atoms with Gasteiger partial charge in [0.25, 0.3) is 5.91 Å². The fraction of sp³-hybridized carbons (Fsp3) is 0.417. The molecule has 0 bridgehead atoms. The van der Waals surface area contributed by atoms with Crippen molar-refractivity contribution < 1.29 is 9.53 Å². The maximum Gasteiger partial charge on any atom is 0.278 e. The van der Waals surface area contributed by atoms with Gasteiger partial charge in [-0.1, -0.05) is 32.9 Å². The second-order valence-corrected chi connectivity index (χ2v) is 8.88. The zero-order valence-corrected chi connectivity index (χ0v) is 17.5. The van der Waals surface area contributed by atoms with E-state index in [0.717, 1.165) is 29.1 Å². The smallest absolute Gasteiger partial charge is 0.278 e. The van der Waals surface area contributed by atoms with Crippen molar-refractivity contribution in [2.45, 2.75) is 58.4 Å². The fourth-order valence-corrected chi connectivity index (χ4v) is 4.57. The summed E-state index contributed by atoms with van der Waals surface area (Å²) in [7, 11) is 1.67. The highest BCUT2D eigenvalue weighted by Gasteiger charge is 2.48. The van der Waals surface area contributed by atoms with E-state index in [1.165, 1.54) is 11.1 Å². The number of carbonyl (C=O) groups is 1. The lowest BCUT2D eigenvalue weighted by atomic mass is 9.80. The van der Waals surface area contributed by atoms with E-state index in [1.54, 1.807) is 7.11 Å². The van der Waals surface area contributed by atoms with Crippen molar-refractivity contribution in [1.29, 1.82) is 0 Å². The molecule has 146 valence electrons. The Bertz CT molecular complexity index is 971. The number of methoxy groups -OCH3 is 1. The standard InChI is InChI=1S/C24H28N2O2/c1-14(2)16-7-9-17(10-8-16)25-21-20-12-18(28-6)11-19-15(3)13-24(4,5)26(22(19)20)23(21)27/h7-12,14-15H,13H2,1-6H3/t15-/m0/s1. The fourth-order valence-electron chi connectivity index (χ4n) is 4.57. The molecule has 4 rings (SSSR count). The van der Waals surface area contributed by atoms with Crippen LogP contribution in [0.3, 0.4) is 0 Å². The minimum absolute atomic E-state index is 0.0191. The maximum absolute atomic E-state index is 13.4. The van der Waals surface area contributed by atoms with Gasteiger partial charge in [-0.25, -0.2) is 4.99 Å². The third kappa shape index (κ3) is 2.83. The topological polar surface area (TPSA) is 41.9 Å². The molecule has 0 radical (unpaired) electrons. The molecule has 1 amide bonds. The molecule has 0 unspecified atom stereocenters. The summed E-state index contributed by atoms with van der Waals surface area (Å²) >= 11 is 0. The summed E-state index contributed by atoms with van der Waals surface area (Å²) < 4.78 is 5.53. The van der Waals surface area contributed by atoms with Gasteiger partial charge in [-0.3, -0.25) is 4.79 Å². The first-order chi connectivity index (χ1) is 13.2. The van der Waals surface area contributed by atoms with E-state index >= 15 is 0 Å². The number of carbonyl (C=O) groups excluding carboxylic acids is 1. The summed E-state index contributed by atoms with van der Waals surface area (Å²) in [6, 6.07) is 12.2. The van der Waals surface area contributed by atoms with Gasteiger partial charge in [-0.2, -0.15) is 0 Å². The summed E-state index contributed by atoms with van der Waals surface area (Å²) in [5.41, 5.74) is 5.39. The number of ether oxygens (including phenoxy) is 1. The number of rotatable bonds is 3. The first-order valence-corrected chi connectivity index (χ1v) is 9.98. The Labute approximate surface area is 167 Å². The predicted octanol–water partition coefficient (Wildman–Crippen LogP) is 5.57. The molecular formula is C24H28N2O2. The Kier molecular flexibility index (Phi) is 4.33. The number of hydrogen-bond acceptors (Lipinski definition) is 3. The molecule has 0 aromatic heterocycles. The molecule has 4 nitrogen and oxygen atoms in total. The normalized spacial score (nSPS) is 21.4. The quantitative estimate of drug-likeness (QED) is 0.702. The van der Waals surface area contributed by atoms with Crippen LogP contribution in [0.1, 0.15) is 69.6 Å². The third-order valence-corrected chi connectivity index (χ3v) is 5.98. The van der Waals surface area contributed by atoms with Gasteiger partial charge < -0.3 is 9.64 Å². The Hall–Kier alpha value is -2.62. The van der Waals surface area contributed by atoms with Crippen molar-refractivity contribution in [2.24, 2.45) is 4.99 Å². The molecule has 2 heterocycles. The van der Waals surface area contributed by atoms with Crippen LogP contribution < -0.4 is 9.64 Å². The Balaban J connectivity index is 1.89. The van der Waals surface area contributed by atoms with E-state index in [-0.39, 0.29) is 11.4 Å². The highest BCUT2D eigenvalue weighted by atomic mass is 16.5. The summed E-state index contributed by atoms with van der Waals surface area (Å²) in [5.74, 6) is 1.58. The molecule has 0 N–H and O–H groups in total. The first kappa shape index (κ1) is 18.7. The molecular weight excluding hydrogens is 348 g/mol. The highest BCUT2D eigenvalue weighted by molar-refractivity contribution is 6.55. The van der Waals surface area contributed by atoms with Gasteiger partial charge in [-0.15, -0.1) is 0 Å². The van der Waals surface area contributed by atoms with Crippen molar-refractivity contribution in [1.82, 2.24) is 0 Å². The lowest BCUT2D eigenvalue weighted by molar-refractivity contribution is -0.113. The van der Waals surface area contributed by atoms with Gasteiger partial charge in [0, 0.05) is 11.1 Å². The number of aliphatic imine (C=N–C) groups is 1. The second-order valence-electron chi connectivity index (χ2n) is 8.88. The number of nitrogens with zero attached hydrogens (tertiary/aromatic N) is 2. The van der Waals surface area contributed by atoms with Gasteiger partial charge in [0.05, 0.1) is 18.5 Å². The molecule has 2 aliphatic heterocycles. The van der Waals surface area contributed by atoms with Crippen LogP contribution in [0, 0.1) is 0 Å². The van der Waals surface area contributed by atoms with E-state index in [4.69, 9.17) is 9.73 Å². The lowest BCUT2D eigenvalue weighted by Crippen LogP contribution is -2.50. The lowest BCUT2D eigenvalue weighted by Gasteiger charge is -2.43. The van der Waals surface area contributed by atoms with Crippen LogP contribution in [0.4, 0.5) is 11.4 Å². The maximum atomic E-state index is 13.4. The monoisotopic (exact) mass is 376 g/mol. The van der Waals surface area contributed by atoms with Crippen molar-refractivity contribution in [3.05, 3.63) is 53.1 Å². The van der Waals surface area contributed by atoms with Crippen molar-refractivity contribution >= 4 is 23.0 Å². The number of anilines is 1. The first-order valence-electron chi connectivity index (χ1n) is 9.98. The van der Waals surface area contributed by atoms with Crippen LogP contribution in [-0.2, 0) is 4.79 Å². The molecule has 2 aliphatic rings. The molecule has 0 fully saturated rings.